The minimum atomic E-state index is -3.59. The van der Waals surface area contributed by atoms with E-state index in [1.807, 2.05) is 6.92 Å². The van der Waals surface area contributed by atoms with Crippen LogP contribution in [0.3, 0.4) is 0 Å². The molecule has 2 aromatic heterocycles. The molecule has 1 aliphatic heterocycles. The van der Waals surface area contributed by atoms with Gasteiger partial charge in [0.15, 0.2) is 0 Å². The van der Waals surface area contributed by atoms with Crippen molar-refractivity contribution in [3.8, 4) is 0 Å². The van der Waals surface area contributed by atoms with E-state index < -0.39 is 15.9 Å². The first-order valence-corrected chi connectivity index (χ1v) is 9.67. The third-order valence-electron chi connectivity index (χ3n) is 4.39. The average Bonchev–Trinajstić information content (AvgIpc) is 3.23. The second-order valence-electron chi connectivity index (χ2n) is 6.11. The number of aromatic nitrogens is 4. The van der Waals surface area contributed by atoms with Gasteiger partial charge in [-0.3, -0.25) is 9.48 Å². The van der Waals surface area contributed by atoms with Crippen molar-refractivity contribution >= 4 is 15.9 Å². The first-order chi connectivity index (χ1) is 11.9. The van der Waals surface area contributed by atoms with Crippen LogP contribution in [0.5, 0.6) is 0 Å². The zero-order valence-corrected chi connectivity index (χ0v) is 14.9. The van der Waals surface area contributed by atoms with Gasteiger partial charge in [0.2, 0.25) is 15.9 Å². The van der Waals surface area contributed by atoms with Gasteiger partial charge in [-0.05, 0) is 19.8 Å². The zero-order chi connectivity index (χ0) is 18.0. The van der Waals surface area contributed by atoms with Gasteiger partial charge in [-0.25, -0.2) is 13.4 Å². The lowest BCUT2D eigenvalue weighted by atomic mass is 9.99. The van der Waals surface area contributed by atoms with Gasteiger partial charge in [-0.2, -0.15) is 9.40 Å². The summed E-state index contributed by atoms with van der Waals surface area (Å²) < 4.78 is 30.5. The molecule has 9 nitrogen and oxygen atoms in total. The summed E-state index contributed by atoms with van der Waals surface area (Å²) in [4.78, 5) is 15.7. The standard InChI is InChI=1S/C15H22N6O3S/c1-2-20-10-13(8-18-20)25(23,24)21-6-3-4-12(9-21)15-17-5-7-19(15)11-14(16)22/h5,7-8,10,12H,2-4,6,9,11H2,1H3,(H2,16,22)/t12-/m1/s1. The molecule has 3 heterocycles. The molecule has 0 aliphatic carbocycles. The monoisotopic (exact) mass is 366 g/mol. The minimum Gasteiger partial charge on any atom is -0.368 e. The van der Waals surface area contributed by atoms with Gasteiger partial charge in [0, 0.05) is 44.1 Å². The molecule has 0 unspecified atom stereocenters. The Kier molecular flexibility index (Phi) is 4.91. The number of carbonyl (C=O) groups is 1. The summed E-state index contributed by atoms with van der Waals surface area (Å²) >= 11 is 0. The predicted octanol–water partition coefficient (Wildman–Crippen LogP) is 0.153. The first kappa shape index (κ1) is 17.6. The molecule has 3 rings (SSSR count). The van der Waals surface area contributed by atoms with E-state index in [1.165, 1.54) is 10.5 Å². The second kappa shape index (κ2) is 6.96. The Labute approximate surface area is 146 Å². The number of nitrogens with two attached hydrogens (primary N) is 1. The number of hydrogen-bond acceptors (Lipinski definition) is 5. The van der Waals surface area contributed by atoms with Crippen LogP contribution in [-0.2, 0) is 27.9 Å². The SMILES string of the molecule is CCn1cc(S(=O)(=O)N2CCC[C@@H](c3nccn3CC(N)=O)C2)cn1. The summed E-state index contributed by atoms with van der Waals surface area (Å²) in [6.45, 7) is 3.35. The van der Waals surface area contributed by atoms with Crippen LogP contribution in [0, 0.1) is 0 Å². The molecule has 0 saturated carbocycles. The van der Waals surface area contributed by atoms with Crippen molar-refractivity contribution in [2.24, 2.45) is 5.73 Å². The molecule has 10 heteroatoms. The summed E-state index contributed by atoms with van der Waals surface area (Å²) in [5.74, 6) is 0.175. The maximum atomic E-state index is 12.9. The van der Waals surface area contributed by atoms with Crippen molar-refractivity contribution in [2.45, 2.75) is 43.7 Å². The van der Waals surface area contributed by atoms with Gasteiger partial charge in [0.1, 0.15) is 17.3 Å². The fraction of sp³-hybridized carbons (Fsp3) is 0.533. The lowest BCUT2D eigenvalue weighted by Gasteiger charge is -2.31. The van der Waals surface area contributed by atoms with Gasteiger partial charge in [0.05, 0.1) is 6.20 Å². The molecule has 1 atom stereocenters. The number of carbonyl (C=O) groups excluding carboxylic acids is 1. The summed E-state index contributed by atoms with van der Waals surface area (Å²) in [5.41, 5.74) is 5.27. The van der Waals surface area contributed by atoms with Gasteiger partial charge in [-0.1, -0.05) is 0 Å². The second-order valence-corrected chi connectivity index (χ2v) is 8.05. The number of imidazole rings is 1. The van der Waals surface area contributed by atoms with Gasteiger partial charge >= 0.3 is 0 Å². The van der Waals surface area contributed by atoms with Crippen LogP contribution in [0.25, 0.3) is 0 Å². The molecule has 1 aliphatic rings. The van der Waals surface area contributed by atoms with Crippen molar-refractivity contribution in [1.29, 1.82) is 0 Å². The molecular formula is C15H22N6O3S. The molecule has 25 heavy (non-hydrogen) atoms. The Morgan fingerprint density at radius 1 is 1.44 bits per heavy atom. The van der Waals surface area contributed by atoms with E-state index in [0.717, 1.165) is 12.8 Å². The quantitative estimate of drug-likeness (QED) is 0.781. The van der Waals surface area contributed by atoms with E-state index >= 15 is 0 Å². The first-order valence-electron chi connectivity index (χ1n) is 8.23. The van der Waals surface area contributed by atoms with Crippen LogP contribution in [0.2, 0.25) is 0 Å². The maximum Gasteiger partial charge on any atom is 0.246 e. The Balaban J connectivity index is 1.81. The molecule has 1 fully saturated rings. The topological polar surface area (TPSA) is 116 Å². The third kappa shape index (κ3) is 3.59. The largest absolute Gasteiger partial charge is 0.368 e. The summed E-state index contributed by atoms with van der Waals surface area (Å²) in [7, 11) is -3.59. The van der Waals surface area contributed by atoms with Crippen molar-refractivity contribution < 1.29 is 13.2 Å². The molecule has 2 aromatic rings. The smallest absolute Gasteiger partial charge is 0.246 e. The Bertz CT molecular complexity index is 856. The molecule has 1 amide bonds. The molecule has 136 valence electrons. The normalized spacial score (nSPS) is 19.2. The molecular weight excluding hydrogens is 344 g/mol. The highest BCUT2D eigenvalue weighted by molar-refractivity contribution is 7.89. The number of aryl methyl sites for hydroxylation is 1. The minimum absolute atomic E-state index is 0.0435. The summed E-state index contributed by atoms with van der Waals surface area (Å²) in [6, 6.07) is 0. The van der Waals surface area contributed by atoms with Crippen LogP contribution in [0.15, 0.2) is 29.7 Å². The van der Waals surface area contributed by atoms with E-state index in [4.69, 9.17) is 5.73 Å². The van der Waals surface area contributed by atoms with Gasteiger partial charge in [0.25, 0.3) is 0 Å². The lowest BCUT2D eigenvalue weighted by molar-refractivity contribution is -0.118. The number of rotatable bonds is 6. The van der Waals surface area contributed by atoms with Crippen LogP contribution in [0.4, 0.5) is 0 Å². The van der Waals surface area contributed by atoms with Crippen molar-refractivity contribution in [2.75, 3.05) is 13.1 Å². The highest BCUT2D eigenvalue weighted by atomic mass is 32.2. The zero-order valence-electron chi connectivity index (χ0n) is 14.1. The molecule has 0 bridgehead atoms. The maximum absolute atomic E-state index is 12.9. The summed E-state index contributed by atoms with van der Waals surface area (Å²) in [5, 5.41) is 4.05. The van der Waals surface area contributed by atoms with Crippen LogP contribution >= 0.6 is 0 Å². The number of hydrogen-bond donors (Lipinski definition) is 1. The number of primary amides is 1. The van der Waals surface area contributed by atoms with E-state index in [-0.39, 0.29) is 17.4 Å². The lowest BCUT2D eigenvalue weighted by Crippen LogP contribution is -2.39. The number of sulfonamides is 1. The third-order valence-corrected chi connectivity index (χ3v) is 6.21. The molecule has 1 saturated heterocycles. The van der Waals surface area contributed by atoms with Gasteiger partial charge < -0.3 is 10.3 Å². The molecule has 0 spiro atoms. The number of amides is 1. The van der Waals surface area contributed by atoms with Crippen molar-refractivity contribution in [3.05, 3.63) is 30.6 Å². The molecule has 0 radical (unpaired) electrons. The van der Waals surface area contributed by atoms with E-state index in [1.54, 1.807) is 27.8 Å². The van der Waals surface area contributed by atoms with Crippen LogP contribution < -0.4 is 5.73 Å². The molecule has 0 aromatic carbocycles. The van der Waals surface area contributed by atoms with Gasteiger partial charge in [-0.15, -0.1) is 0 Å². The number of nitrogens with zero attached hydrogens (tertiary/aromatic N) is 5. The Hall–Kier alpha value is -2.20. The molecule has 2 N–H and O–H groups in total. The Morgan fingerprint density at radius 2 is 2.24 bits per heavy atom. The van der Waals surface area contributed by atoms with E-state index in [0.29, 0.717) is 25.5 Å². The summed E-state index contributed by atoms with van der Waals surface area (Å²) in [6.07, 6.45) is 7.78. The van der Waals surface area contributed by atoms with E-state index in [9.17, 15) is 13.2 Å². The van der Waals surface area contributed by atoms with Crippen LogP contribution in [0.1, 0.15) is 31.5 Å². The highest BCUT2D eigenvalue weighted by Crippen LogP contribution is 2.29. The highest BCUT2D eigenvalue weighted by Gasteiger charge is 2.33. The van der Waals surface area contributed by atoms with Crippen molar-refractivity contribution in [1.82, 2.24) is 23.6 Å². The van der Waals surface area contributed by atoms with Crippen molar-refractivity contribution in [3.63, 3.8) is 0 Å². The average molecular weight is 366 g/mol. The van der Waals surface area contributed by atoms with Crippen LogP contribution in [-0.4, -0.2) is 51.1 Å². The predicted molar refractivity (Wildman–Crippen MR) is 90.1 cm³/mol. The fourth-order valence-corrected chi connectivity index (χ4v) is 4.63. The fourth-order valence-electron chi connectivity index (χ4n) is 3.15. The van der Waals surface area contributed by atoms with E-state index in [2.05, 4.69) is 10.1 Å². The number of piperidine rings is 1. The Morgan fingerprint density at radius 3 is 2.92 bits per heavy atom.